The number of carbonyl (C=O) groups is 3. The van der Waals surface area contributed by atoms with Crippen LogP contribution < -0.4 is 10.1 Å². The number of esters is 1. The Hall–Kier alpha value is -2.43. The summed E-state index contributed by atoms with van der Waals surface area (Å²) in [5, 5.41) is 2.13. The third kappa shape index (κ3) is 6.53. The number of halogens is 3. The van der Waals surface area contributed by atoms with Crippen molar-refractivity contribution >= 4 is 34.6 Å². The molecular formula is C14H13F3N2O5S. The third-order valence-electron chi connectivity index (χ3n) is 2.90. The molecule has 7 nitrogen and oxygen atoms in total. The Morgan fingerprint density at radius 3 is 2.48 bits per heavy atom. The van der Waals surface area contributed by atoms with Crippen LogP contribution in [0, 0.1) is 0 Å². The third-order valence-corrected chi connectivity index (χ3v) is 3.79. The molecule has 1 aromatic carbocycles. The lowest BCUT2D eigenvalue weighted by atomic mass is 10.3. The molecule has 0 unspecified atom stereocenters. The highest BCUT2D eigenvalue weighted by Crippen LogP contribution is 2.23. The lowest BCUT2D eigenvalue weighted by molar-refractivity contribution is -0.274. The number of anilines is 1. The van der Waals surface area contributed by atoms with E-state index in [4.69, 9.17) is 4.74 Å². The molecule has 1 aliphatic rings. The number of thioether (sulfide) groups is 1. The minimum atomic E-state index is -4.80. The van der Waals surface area contributed by atoms with E-state index >= 15 is 0 Å². The minimum absolute atomic E-state index is 0.210. The Balaban J connectivity index is 1.74. The maximum absolute atomic E-state index is 12.0. The van der Waals surface area contributed by atoms with Crippen LogP contribution in [0.5, 0.6) is 5.75 Å². The van der Waals surface area contributed by atoms with Crippen LogP contribution in [0.1, 0.15) is 0 Å². The van der Waals surface area contributed by atoms with Gasteiger partial charge in [0.15, 0.2) is 6.61 Å². The van der Waals surface area contributed by atoms with Crippen LogP contribution in [-0.2, 0) is 14.3 Å². The fraction of sp³-hybridized carbons (Fsp3) is 0.357. The van der Waals surface area contributed by atoms with E-state index in [2.05, 4.69) is 10.1 Å². The number of hydrogen-bond acceptors (Lipinski definition) is 6. The van der Waals surface area contributed by atoms with Crippen LogP contribution in [0.3, 0.4) is 0 Å². The first-order valence-corrected chi connectivity index (χ1v) is 7.94. The van der Waals surface area contributed by atoms with Crippen molar-refractivity contribution in [2.45, 2.75) is 6.36 Å². The zero-order chi connectivity index (χ0) is 18.4. The van der Waals surface area contributed by atoms with Crippen LogP contribution >= 0.6 is 11.8 Å². The van der Waals surface area contributed by atoms with Crippen LogP contribution in [0.2, 0.25) is 0 Å². The van der Waals surface area contributed by atoms with Crippen LogP contribution in [0.4, 0.5) is 23.7 Å². The highest BCUT2D eigenvalue weighted by Gasteiger charge is 2.31. The molecule has 25 heavy (non-hydrogen) atoms. The molecule has 1 heterocycles. The number of benzene rings is 1. The van der Waals surface area contributed by atoms with E-state index in [0.717, 1.165) is 23.9 Å². The molecule has 0 aromatic heterocycles. The number of nitrogens with one attached hydrogen (secondary N) is 1. The molecule has 2 rings (SSSR count). The normalized spacial score (nSPS) is 14.4. The summed E-state index contributed by atoms with van der Waals surface area (Å²) in [6.45, 7) is -0.367. The van der Waals surface area contributed by atoms with E-state index in [1.54, 1.807) is 0 Å². The van der Waals surface area contributed by atoms with E-state index in [9.17, 15) is 27.6 Å². The van der Waals surface area contributed by atoms with Gasteiger partial charge in [-0.2, -0.15) is 0 Å². The number of hydrogen-bond donors (Lipinski definition) is 1. The van der Waals surface area contributed by atoms with Crippen molar-refractivity contribution in [3.63, 3.8) is 0 Å². The van der Waals surface area contributed by atoms with Crippen molar-refractivity contribution in [3.8, 4) is 5.75 Å². The number of ether oxygens (including phenoxy) is 2. The average Bonchev–Trinajstić information content (AvgIpc) is 2.91. The standard InChI is InChI=1S/C14H13F3N2O5S/c15-14(16,17)24-10-3-1-9(2-4-10)18-11(20)8-23-12(21)7-19-5-6-25-13(19)22/h1-4H,5-8H2,(H,18,20). The van der Waals surface area contributed by atoms with Gasteiger partial charge >= 0.3 is 12.3 Å². The molecule has 0 saturated carbocycles. The van der Waals surface area contributed by atoms with Crippen LogP contribution in [-0.4, -0.2) is 53.8 Å². The number of nitrogens with zero attached hydrogens (tertiary/aromatic N) is 1. The predicted molar refractivity (Wildman–Crippen MR) is 82.1 cm³/mol. The van der Waals surface area contributed by atoms with Gasteiger partial charge in [-0.3, -0.25) is 14.4 Å². The summed E-state index contributed by atoms with van der Waals surface area (Å²) in [6, 6.07) is 4.49. The summed E-state index contributed by atoms with van der Waals surface area (Å²) in [6.07, 6.45) is -4.80. The molecule has 1 aliphatic heterocycles. The SMILES string of the molecule is O=C(COC(=O)CN1CCSC1=O)Nc1ccc(OC(F)(F)F)cc1. The maximum atomic E-state index is 12.0. The highest BCUT2D eigenvalue weighted by molar-refractivity contribution is 8.13. The molecule has 0 atom stereocenters. The van der Waals surface area contributed by atoms with Gasteiger partial charge in [0.1, 0.15) is 12.3 Å². The molecule has 0 aliphatic carbocycles. The zero-order valence-corrected chi connectivity index (χ0v) is 13.5. The summed E-state index contributed by atoms with van der Waals surface area (Å²) in [5.74, 6) is -1.22. The summed E-state index contributed by atoms with van der Waals surface area (Å²) in [4.78, 5) is 35.8. The van der Waals surface area contributed by atoms with Gasteiger partial charge in [0.05, 0.1) is 0 Å². The molecular weight excluding hydrogens is 365 g/mol. The number of rotatable bonds is 6. The second-order valence-electron chi connectivity index (χ2n) is 4.82. The molecule has 1 aromatic rings. The number of carbonyl (C=O) groups excluding carboxylic acids is 3. The topological polar surface area (TPSA) is 84.9 Å². The smallest absolute Gasteiger partial charge is 0.454 e. The molecule has 1 N–H and O–H groups in total. The van der Waals surface area contributed by atoms with E-state index in [0.29, 0.717) is 12.3 Å². The summed E-state index contributed by atoms with van der Waals surface area (Å²) in [5.41, 5.74) is 0.210. The van der Waals surface area contributed by atoms with Crippen molar-refractivity contribution in [3.05, 3.63) is 24.3 Å². The second kappa shape index (κ2) is 8.10. The first-order chi connectivity index (χ1) is 11.7. The summed E-state index contributed by atoms with van der Waals surface area (Å²) in [7, 11) is 0. The van der Waals surface area contributed by atoms with Crippen molar-refractivity contribution in [1.29, 1.82) is 0 Å². The fourth-order valence-corrected chi connectivity index (χ4v) is 2.68. The van der Waals surface area contributed by atoms with Crippen LogP contribution in [0.15, 0.2) is 24.3 Å². The molecule has 0 bridgehead atoms. The molecule has 136 valence electrons. The van der Waals surface area contributed by atoms with Crippen molar-refractivity contribution in [1.82, 2.24) is 4.90 Å². The Kier molecular flexibility index (Phi) is 6.12. The lowest BCUT2D eigenvalue weighted by Crippen LogP contribution is -2.32. The Labute approximate surface area is 144 Å². The monoisotopic (exact) mass is 378 g/mol. The van der Waals surface area contributed by atoms with Gasteiger partial charge in [0, 0.05) is 18.0 Å². The highest BCUT2D eigenvalue weighted by atomic mass is 32.2. The molecule has 11 heteroatoms. The predicted octanol–water partition coefficient (Wildman–Crippen LogP) is 2.24. The van der Waals surface area contributed by atoms with E-state index in [1.807, 2.05) is 0 Å². The van der Waals surface area contributed by atoms with Gasteiger partial charge < -0.3 is 19.7 Å². The molecule has 1 saturated heterocycles. The van der Waals surface area contributed by atoms with E-state index < -0.39 is 30.6 Å². The second-order valence-corrected chi connectivity index (χ2v) is 5.86. The Morgan fingerprint density at radius 2 is 1.92 bits per heavy atom. The Bertz CT molecular complexity index is 651. The van der Waals surface area contributed by atoms with Gasteiger partial charge in [0.25, 0.3) is 11.1 Å². The number of amides is 2. The van der Waals surface area contributed by atoms with Crippen LogP contribution in [0.25, 0.3) is 0 Å². The maximum Gasteiger partial charge on any atom is 0.573 e. The van der Waals surface area contributed by atoms with Crippen molar-refractivity contribution < 1.29 is 37.0 Å². The summed E-state index contributed by atoms with van der Waals surface area (Å²) < 4.78 is 44.5. The molecule has 1 fully saturated rings. The van der Waals surface area contributed by atoms with Gasteiger partial charge in [-0.25, -0.2) is 0 Å². The van der Waals surface area contributed by atoms with E-state index in [1.165, 1.54) is 17.0 Å². The number of alkyl halides is 3. The molecule has 0 radical (unpaired) electrons. The quantitative estimate of drug-likeness (QED) is 0.765. The largest absolute Gasteiger partial charge is 0.573 e. The average molecular weight is 378 g/mol. The zero-order valence-electron chi connectivity index (χ0n) is 12.7. The van der Waals surface area contributed by atoms with Gasteiger partial charge in [-0.15, -0.1) is 13.2 Å². The van der Waals surface area contributed by atoms with Gasteiger partial charge in [-0.05, 0) is 24.3 Å². The first-order valence-electron chi connectivity index (χ1n) is 6.96. The van der Waals surface area contributed by atoms with Crippen molar-refractivity contribution in [2.75, 3.05) is 30.8 Å². The molecule has 0 spiro atoms. The Morgan fingerprint density at radius 1 is 1.24 bits per heavy atom. The van der Waals surface area contributed by atoms with Gasteiger partial charge in [0.2, 0.25) is 0 Å². The lowest BCUT2D eigenvalue weighted by Gasteiger charge is -2.13. The molecule has 2 amide bonds. The minimum Gasteiger partial charge on any atom is -0.454 e. The van der Waals surface area contributed by atoms with Gasteiger partial charge in [-0.1, -0.05) is 11.8 Å². The van der Waals surface area contributed by atoms with E-state index in [-0.39, 0.29) is 17.5 Å². The fourth-order valence-electron chi connectivity index (χ4n) is 1.85. The first kappa shape index (κ1) is 18.9. The van der Waals surface area contributed by atoms with Crippen molar-refractivity contribution in [2.24, 2.45) is 0 Å². The summed E-state index contributed by atoms with van der Waals surface area (Å²) >= 11 is 1.10.